The van der Waals surface area contributed by atoms with Crippen LogP contribution >= 0.6 is 0 Å². The van der Waals surface area contributed by atoms with E-state index in [1.807, 2.05) is 16.7 Å². The zero-order valence-electron chi connectivity index (χ0n) is 16.3. The number of hydrogen-bond donors (Lipinski definition) is 2. The topological polar surface area (TPSA) is 107 Å². The highest BCUT2D eigenvalue weighted by molar-refractivity contribution is 5.87. The van der Waals surface area contributed by atoms with Crippen LogP contribution in [0.2, 0.25) is 0 Å². The van der Waals surface area contributed by atoms with Crippen LogP contribution in [0, 0.1) is 4.91 Å². The molecule has 152 valence electrons. The summed E-state index contributed by atoms with van der Waals surface area (Å²) in [7, 11) is 0. The van der Waals surface area contributed by atoms with Gasteiger partial charge in [-0.2, -0.15) is 4.91 Å². The molecule has 1 saturated heterocycles. The Morgan fingerprint density at radius 3 is 2.90 bits per heavy atom. The van der Waals surface area contributed by atoms with Crippen molar-refractivity contribution in [3.05, 3.63) is 53.1 Å². The number of nitrogens with one attached hydrogen (secondary N) is 1. The summed E-state index contributed by atoms with van der Waals surface area (Å²) in [5.41, 5.74) is 8.95. The lowest BCUT2D eigenvalue weighted by Crippen LogP contribution is -2.16. The quantitative estimate of drug-likeness (QED) is 0.421. The van der Waals surface area contributed by atoms with E-state index >= 15 is 0 Å². The molecule has 2 unspecified atom stereocenters. The van der Waals surface area contributed by atoms with Crippen LogP contribution < -0.4 is 11.1 Å². The molecule has 0 bridgehead atoms. The molecule has 2 aromatic heterocycles. The number of nitrogens with two attached hydrogens (primary N) is 1. The van der Waals surface area contributed by atoms with Crippen LogP contribution in [-0.2, 0) is 11.2 Å². The fourth-order valence-corrected chi connectivity index (χ4v) is 3.85. The van der Waals surface area contributed by atoms with E-state index in [1.165, 1.54) is 5.56 Å². The Morgan fingerprint density at radius 2 is 2.07 bits per heavy atom. The fourth-order valence-electron chi connectivity index (χ4n) is 3.85. The second-order valence-electron chi connectivity index (χ2n) is 7.34. The minimum Gasteiger partial charge on any atom is -0.382 e. The highest BCUT2D eigenvalue weighted by Gasteiger charge is 2.30. The molecule has 0 amide bonds. The van der Waals surface area contributed by atoms with Gasteiger partial charge in [-0.25, -0.2) is 9.97 Å². The van der Waals surface area contributed by atoms with Crippen LogP contribution in [0.4, 0.5) is 11.8 Å². The number of nitrogens with zero attached hydrogens (tertiary/aromatic N) is 4. The lowest BCUT2D eigenvalue weighted by molar-refractivity contribution is 0.0103. The summed E-state index contributed by atoms with van der Waals surface area (Å²) >= 11 is 0. The maximum absolute atomic E-state index is 10.6. The third-order valence-corrected chi connectivity index (χ3v) is 5.31. The number of anilines is 2. The van der Waals surface area contributed by atoms with Crippen molar-refractivity contribution < 1.29 is 4.74 Å². The maximum Gasteiger partial charge on any atom is 0.206 e. The normalized spacial score (nSPS) is 18.9. The molecule has 8 heteroatoms. The third-order valence-electron chi connectivity index (χ3n) is 5.31. The van der Waals surface area contributed by atoms with E-state index in [1.54, 1.807) is 6.20 Å². The molecule has 2 atom stereocenters. The Morgan fingerprint density at radius 1 is 1.21 bits per heavy atom. The molecule has 0 spiro atoms. The summed E-state index contributed by atoms with van der Waals surface area (Å²) < 4.78 is 8.09. The first-order valence-electron chi connectivity index (χ1n) is 10.1. The number of unbranched alkanes of at least 4 members (excludes halogenated alkanes) is 1. The molecule has 1 aromatic carbocycles. The molecule has 8 nitrogen and oxygen atoms in total. The van der Waals surface area contributed by atoms with Crippen molar-refractivity contribution in [2.24, 2.45) is 5.18 Å². The first-order chi connectivity index (χ1) is 14.3. The van der Waals surface area contributed by atoms with Crippen LogP contribution in [0.1, 0.15) is 37.5 Å². The number of hydrogen-bond acceptors (Lipinski definition) is 7. The minimum atomic E-state index is -0.194. The molecule has 0 saturated carbocycles. The van der Waals surface area contributed by atoms with Crippen LogP contribution in [0.25, 0.3) is 11.0 Å². The van der Waals surface area contributed by atoms with E-state index in [0.29, 0.717) is 11.3 Å². The van der Waals surface area contributed by atoms with Gasteiger partial charge in [0.25, 0.3) is 0 Å². The molecule has 29 heavy (non-hydrogen) atoms. The monoisotopic (exact) mass is 394 g/mol. The molecule has 3 N–H and O–H groups in total. The Balaban J connectivity index is 1.45. The van der Waals surface area contributed by atoms with E-state index in [-0.39, 0.29) is 18.9 Å². The van der Waals surface area contributed by atoms with E-state index in [0.717, 1.165) is 50.1 Å². The summed E-state index contributed by atoms with van der Waals surface area (Å²) in [6.45, 7) is 0.977. The molecule has 0 aliphatic carbocycles. The van der Waals surface area contributed by atoms with Gasteiger partial charge < -0.3 is 15.8 Å². The van der Waals surface area contributed by atoms with Gasteiger partial charge in [-0.15, -0.1) is 0 Å². The molecule has 4 rings (SSSR count). The van der Waals surface area contributed by atoms with Gasteiger partial charge in [0.15, 0.2) is 5.82 Å². The van der Waals surface area contributed by atoms with Crippen molar-refractivity contribution in [2.45, 2.75) is 44.4 Å². The van der Waals surface area contributed by atoms with Gasteiger partial charge in [-0.3, -0.25) is 4.57 Å². The molecule has 0 radical (unpaired) electrons. The first-order valence-corrected chi connectivity index (χ1v) is 10.1. The van der Waals surface area contributed by atoms with Gasteiger partial charge in [0.2, 0.25) is 5.95 Å². The summed E-state index contributed by atoms with van der Waals surface area (Å²) in [5.74, 6) is 1.13. The second kappa shape index (κ2) is 9.00. The SMILES string of the molecule is Nc1nccc2c1nc(NCCCCc1ccccc1)n2C1CCC(CN=O)O1. The molecule has 1 aliphatic rings. The number of pyridine rings is 1. The highest BCUT2D eigenvalue weighted by atomic mass is 16.5. The number of fused-ring (bicyclic) bond motifs is 1. The molecule has 3 aromatic rings. The molecular formula is C21H26N6O2. The predicted molar refractivity (Wildman–Crippen MR) is 114 cm³/mol. The summed E-state index contributed by atoms with van der Waals surface area (Å²) in [5, 5.41) is 6.43. The summed E-state index contributed by atoms with van der Waals surface area (Å²) in [6.07, 6.45) is 6.11. The van der Waals surface area contributed by atoms with Crippen molar-refractivity contribution >= 4 is 22.8 Å². The van der Waals surface area contributed by atoms with Gasteiger partial charge in [0.1, 0.15) is 18.3 Å². The average Bonchev–Trinajstić information content (AvgIpc) is 3.34. The van der Waals surface area contributed by atoms with E-state index in [2.05, 4.69) is 44.7 Å². The lowest BCUT2D eigenvalue weighted by atomic mass is 10.1. The van der Waals surface area contributed by atoms with Crippen LogP contribution in [0.15, 0.2) is 47.8 Å². The van der Waals surface area contributed by atoms with Crippen LogP contribution in [0.5, 0.6) is 0 Å². The van der Waals surface area contributed by atoms with Gasteiger partial charge >= 0.3 is 0 Å². The Bertz CT molecular complexity index is 958. The van der Waals surface area contributed by atoms with Crippen molar-refractivity contribution in [1.29, 1.82) is 0 Å². The van der Waals surface area contributed by atoms with Crippen molar-refractivity contribution in [3.63, 3.8) is 0 Å². The number of nitroso groups, excluding NO2 is 1. The van der Waals surface area contributed by atoms with Crippen LogP contribution in [-0.4, -0.2) is 33.7 Å². The number of imidazole rings is 1. The van der Waals surface area contributed by atoms with Crippen LogP contribution in [0.3, 0.4) is 0 Å². The smallest absolute Gasteiger partial charge is 0.206 e. The third kappa shape index (κ3) is 4.37. The van der Waals surface area contributed by atoms with Gasteiger partial charge in [-0.1, -0.05) is 35.5 Å². The number of aromatic nitrogens is 3. The summed E-state index contributed by atoms with van der Waals surface area (Å²) in [6, 6.07) is 12.4. The predicted octanol–water partition coefficient (Wildman–Crippen LogP) is 3.89. The van der Waals surface area contributed by atoms with E-state index < -0.39 is 0 Å². The fraction of sp³-hybridized carbons (Fsp3) is 0.429. The van der Waals surface area contributed by atoms with E-state index in [9.17, 15) is 4.91 Å². The Hall–Kier alpha value is -3.00. The highest BCUT2D eigenvalue weighted by Crippen LogP contribution is 2.35. The maximum atomic E-state index is 10.6. The first kappa shape index (κ1) is 19.3. The number of aryl methyl sites for hydroxylation is 1. The number of benzene rings is 1. The van der Waals surface area contributed by atoms with Gasteiger partial charge in [-0.05, 0) is 43.7 Å². The van der Waals surface area contributed by atoms with Gasteiger partial charge in [0, 0.05) is 12.7 Å². The molecule has 3 heterocycles. The minimum absolute atomic E-state index is 0.146. The Labute approximate surface area is 169 Å². The molecular weight excluding hydrogens is 368 g/mol. The second-order valence-corrected chi connectivity index (χ2v) is 7.34. The number of ether oxygens (including phenoxy) is 1. The lowest BCUT2D eigenvalue weighted by Gasteiger charge is -2.18. The summed E-state index contributed by atoms with van der Waals surface area (Å²) in [4.78, 5) is 19.4. The molecule has 1 fully saturated rings. The van der Waals surface area contributed by atoms with E-state index in [4.69, 9.17) is 10.5 Å². The average molecular weight is 394 g/mol. The van der Waals surface area contributed by atoms with Gasteiger partial charge in [0.05, 0.1) is 11.6 Å². The zero-order valence-corrected chi connectivity index (χ0v) is 16.3. The number of rotatable bonds is 9. The van der Waals surface area contributed by atoms with Crippen molar-refractivity contribution in [3.8, 4) is 0 Å². The zero-order chi connectivity index (χ0) is 20.1. The van der Waals surface area contributed by atoms with Crippen molar-refractivity contribution in [1.82, 2.24) is 14.5 Å². The standard InChI is InChI=1S/C21H26N6O2/c22-20-19-17(11-13-23-20)27(18-10-9-16(29-18)14-25-28)21(26-19)24-12-5-4-8-15-6-2-1-3-7-15/h1-3,6-7,11,13,16,18H,4-5,8-10,12,14H2,(H2,22,23)(H,24,26). The largest absolute Gasteiger partial charge is 0.382 e. The Kier molecular flexibility index (Phi) is 6.00. The van der Waals surface area contributed by atoms with Crippen molar-refractivity contribution in [2.75, 3.05) is 24.1 Å². The number of nitrogen functional groups attached to an aromatic ring is 1. The molecule has 1 aliphatic heterocycles.